The molecule has 0 saturated heterocycles. The van der Waals surface area contributed by atoms with Crippen molar-refractivity contribution in [2.45, 2.75) is 75.7 Å². The third-order valence-electron chi connectivity index (χ3n) is 4.97. The summed E-state index contributed by atoms with van der Waals surface area (Å²) in [7, 11) is 0. The highest BCUT2D eigenvalue weighted by Crippen LogP contribution is 2.05. The number of nitrogens with two attached hydrogens (primary N) is 5. The molecule has 0 aliphatic rings. The maximum atomic E-state index is 13.0. The van der Waals surface area contributed by atoms with E-state index in [2.05, 4.69) is 20.9 Å². The zero-order valence-corrected chi connectivity index (χ0v) is 20.5. The molecule has 0 aromatic heterocycles. The highest BCUT2D eigenvalue weighted by atomic mass is 16.4. The Morgan fingerprint density at radius 3 is 1.81 bits per heavy atom. The lowest BCUT2D eigenvalue weighted by Gasteiger charge is -2.26. The van der Waals surface area contributed by atoms with E-state index in [-0.39, 0.29) is 51.0 Å². The summed E-state index contributed by atoms with van der Waals surface area (Å²) in [4.78, 5) is 75.1. The molecule has 0 fully saturated rings. The summed E-state index contributed by atoms with van der Waals surface area (Å²) in [6.45, 7) is 1.28. The normalized spacial score (nSPS) is 14.7. The number of carbonyl (C=O) groups is 6. The van der Waals surface area contributed by atoms with Crippen LogP contribution >= 0.6 is 0 Å². The maximum Gasteiger partial charge on any atom is 0.326 e. The van der Waals surface area contributed by atoms with Crippen molar-refractivity contribution in [1.82, 2.24) is 16.0 Å². The number of hydrogen-bond donors (Lipinski definition) is 10. The molecule has 17 nitrogen and oxygen atoms in total. The number of guanidine groups is 1. The Labute approximate surface area is 212 Å². The third-order valence-corrected chi connectivity index (χ3v) is 4.97. The van der Waals surface area contributed by atoms with Crippen LogP contribution in [-0.2, 0) is 28.8 Å². The summed E-state index contributed by atoms with van der Waals surface area (Å²) < 4.78 is 0. The second-order valence-corrected chi connectivity index (χ2v) is 8.25. The van der Waals surface area contributed by atoms with Gasteiger partial charge in [0.15, 0.2) is 5.96 Å². The van der Waals surface area contributed by atoms with Crippen molar-refractivity contribution in [2.24, 2.45) is 33.7 Å². The van der Waals surface area contributed by atoms with Gasteiger partial charge < -0.3 is 54.8 Å². The van der Waals surface area contributed by atoms with Crippen LogP contribution in [0.3, 0.4) is 0 Å². The van der Waals surface area contributed by atoms with Crippen molar-refractivity contribution in [3.63, 3.8) is 0 Å². The molecule has 37 heavy (non-hydrogen) atoms. The predicted molar refractivity (Wildman–Crippen MR) is 130 cm³/mol. The topological polar surface area (TPSA) is 321 Å². The van der Waals surface area contributed by atoms with E-state index in [9.17, 15) is 39.0 Å². The number of nitrogens with zero attached hydrogens (tertiary/aromatic N) is 1. The zero-order valence-electron chi connectivity index (χ0n) is 20.5. The summed E-state index contributed by atoms with van der Waals surface area (Å²) in [6.07, 6.45) is -2.17. The molecular weight excluding hydrogens is 494 g/mol. The van der Waals surface area contributed by atoms with Crippen molar-refractivity contribution in [1.29, 1.82) is 0 Å². The van der Waals surface area contributed by atoms with Gasteiger partial charge in [-0.2, -0.15) is 0 Å². The summed E-state index contributed by atoms with van der Waals surface area (Å²) in [6, 6.07) is -5.57. The molecule has 0 aromatic carbocycles. The molecule has 17 heteroatoms. The van der Waals surface area contributed by atoms with Gasteiger partial charge in [-0.3, -0.25) is 29.0 Å². The summed E-state index contributed by atoms with van der Waals surface area (Å²) in [5, 5.41) is 26.1. The fraction of sp³-hybridized carbons (Fsp3) is 0.650. The van der Waals surface area contributed by atoms with Gasteiger partial charge in [0, 0.05) is 19.4 Å². The lowest BCUT2D eigenvalue weighted by Crippen LogP contribution is -2.59. The zero-order chi connectivity index (χ0) is 28.7. The molecule has 0 rings (SSSR count). The van der Waals surface area contributed by atoms with Crippen molar-refractivity contribution >= 4 is 41.5 Å². The average Bonchev–Trinajstić information content (AvgIpc) is 2.79. The first-order chi connectivity index (χ1) is 17.1. The van der Waals surface area contributed by atoms with Crippen molar-refractivity contribution < 1.29 is 39.0 Å². The minimum atomic E-state index is -1.62. The number of hydrogen-bond acceptors (Lipinski definition) is 9. The molecule has 0 spiro atoms. The lowest BCUT2D eigenvalue weighted by molar-refractivity contribution is -0.143. The Bertz CT molecular complexity index is 861. The smallest absolute Gasteiger partial charge is 0.326 e. The van der Waals surface area contributed by atoms with E-state index in [1.54, 1.807) is 0 Å². The van der Waals surface area contributed by atoms with Gasteiger partial charge >= 0.3 is 5.97 Å². The van der Waals surface area contributed by atoms with Crippen LogP contribution < -0.4 is 44.6 Å². The van der Waals surface area contributed by atoms with E-state index in [0.717, 1.165) is 0 Å². The van der Waals surface area contributed by atoms with Gasteiger partial charge in [-0.25, -0.2) is 4.79 Å². The van der Waals surface area contributed by atoms with E-state index in [4.69, 9.17) is 28.7 Å². The highest BCUT2D eigenvalue weighted by Gasteiger charge is 2.32. The van der Waals surface area contributed by atoms with Crippen LogP contribution in [0.25, 0.3) is 0 Å². The molecule has 0 radical (unpaired) electrons. The molecule has 5 unspecified atom stereocenters. The molecule has 5 amide bonds. The van der Waals surface area contributed by atoms with Crippen LogP contribution in [0.15, 0.2) is 4.99 Å². The number of aliphatic carboxylic acids is 1. The van der Waals surface area contributed by atoms with Gasteiger partial charge in [-0.15, -0.1) is 0 Å². The number of nitrogens with one attached hydrogen (secondary N) is 3. The number of carboxylic acid groups (broad SMARTS) is 1. The van der Waals surface area contributed by atoms with Crippen molar-refractivity contribution in [3.05, 3.63) is 0 Å². The molecule has 0 heterocycles. The van der Waals surface area contributed by atoms with Crippen LogP contribution in [0.4, 0.5) is 0 Å². The molecule has 0 aliphatic carbocycles. The fourth-order valence-corrected chi connectivity index (χ4v) is 2.94. The Morgan fingerprint density at radius 1 is 0.784 bits per heavy atom. The lowest BCUT2D eigenvalue weighted by atomic mass is 10.1. The molecule has 15 N–H and O–H groups in total. The van der Waals surface area contributed by atoms with Crippen LogP contribution in [-0.4, -0.2) is 88.5 Å². The molecule has 0 saturated carbocycles. The molecule has 5 atom stereocenters. The summed E-state index contributed by atoms with van der Waals surface area (Å²) in [5.74, 6) is -5.83. The minimum absolute atomic E-state index is 0.0125. The van der Waals surface area contributed by atoms with Gasteiger partial charge in [0.1, 0.15) is 18.1 Å². The van der Waals surface area contributed by atoms with Gasteiger partial charge in [0.2, 0.25) is 29.5 Å². The average molecular weight is 532 g/mol. The van der Waals surface area contributed by atoms with Crippen LogP contribution in [0.2, 0.25) is 0 Å². The molecular formula is C20H37N9O8. The van der Waals surface area contributed by atoms with E-state index in [1.165, 1.54) is 6.92 Å². The minimum Gasteiger partial charge on any atom is -0.480 e. The predicted octanol–water partition coefficient (Wildman–Crippen LogP) is -5.18. The summed E-state index contributed by atoms with van der Waals surface area (Å²) in [5.41, 5.74) is 26.3. The Balaban J connectivity index is 5.54. The van der Waals surface area contributed by atoms with Crippen molar-refractivity contribution in [3.8, 4) is 0 Å². The molecule has 210 valence electrons. The second kappa shape index (κ2) is 16.6. The van der Waals surface area contributed by atoms with Gasteiger partial charge in [-0.1, -0.05) is 0 Å². The maximum absolute atomic E-state index is 13.0. The molecule has 0 bridgehead atoms. The highest BCUT2D eigenvalue weighted by molar-refractivity contribution is 5.94. The van der Waals surface area contributed by atoms with Crippen molar-refractivity contribution in [2.75, 3.05) is 6.54 Å². The van der Waals surface area contributed by atoms with Gasteiger partial charge in [0.25, 0.3) is 0 Å². The molecule has 0 aliphatic heterocycles. The van der Waals surface area contributed by atoms with E-state index in [1.807, 2.05) is 0 Å². The largest absolute Gasteiger partial charge is 0.480 e. The van der Waals surface area contributed by atoms with Gasteiger partial charge in [0.05, 0.1) is 12.1 Å². The number of amides is 5. The first kappa shape index (κ1) is 33.0. The van der Waals surface area contributed by atoms with E-state index in [0.29, 0.717) is 0 Å². The fourth-order valence-electron chi connectivity index (χ4n) is 2.94. The first-order valence-electron chi connectivity index (χ1n) is 11.3. The number of rotatable bonds is 18. The van der Waals surface area contributed by atoms with Crippen LogP contribution in [0.1, 0.15) is 45.4 Å². The monoisotopic (exact) mass is 531 g/mol. The Hall–Kier alpha value is -3.99. The summed E-state index contributed by atoms with van der Waals surface area (Å²) >= 11 is 0. The van der Waals surface area contributed by atoms with Gasteiger partial charge in [-0.05, 0) is 32.6 Å². The second-order valence-electron chi connectivity index (χ2n) is 8.25. The number of aliphatic hydroxyl groups excluding tert-OH is 1. The number of primary amides is 2. The van der Waals surface area contributed by atoms with Crippen LogP contribution in [0.5, 0.6) is 0 Å². The third kappa shape index (κ3) is 14.2. The Kier molecular flexibility index (Phi) is 14.8. The first-order valence-corrected chi connectivity index (χ1v) is 11.3. The number of aliphatic imine (C=N–C) groups is 1. The van der Waals surface area contributed by atoms with Crippen LogP contribution in [0, 0.1) is 0 Å². The quantitative estimate of drug-likeness (QED) is 0.0452. The number of carboxylic acids is 1. The Morgan fingerprint density at radius 2 is 1.32 bits per heavy atom. The van der Waals surface area contributed by atoms with E-state index < -0.39 is 65.8 Å². The SMILES string of the molecule is CC(O)C(NC(=O)C(CCCN=C(N)N)NC(=O)C(N)CCC(N)=O)C(=O)NC(CCC(N)=O)C(=O)O. The molecule has 0 aromatic rings. The van der Waals surface area contributed by atoms with E-state index >= 15 is 0 Å². The number of aliphatic hydroxyl groups is 1. The standard InChI is InChI=1S/C20H37N9O8/c1-9(30)15(18(35)28-12(19(36)37)5-7-14(23)32)29-17(34)11(3-2-8-26-20(24)25)27-16(33)10(21)4-6-13(22)31/h9-12,15,30H,2-8,21H2,1H3,(H2,22,31)(H2,23,32)(H,27,33)(H,28,35)(H,29,34)(H,36,37)(H4,24,25,26). The number of carbonyl (C=O) groups excluding carboxylic acids is 5.